The summed E-state index contributed by atoms with van der Waals surface area (Å²) in [6.45, 7) is 0. The van der Waals surface area contributed by atoms with E-state index in [1.807, 2.05) is 0 Å². The minimum Gasteiger partial charge on any atom is -1.00 e. The molecule has 0 fully saturated rings. The molecule has 0 bridgehead atoms. The highest BCUT2D eigenvalue weighted by atomic mass is 127. The molecule has 0 aromatic rings. The minimum atomic E-state index is 0. The average molecular weight is 263 g/mol. The van der Waals surface area contributed by atoms with Crippen LogP contribution in [0.25, 0.3) is 0 Å². The fourth-order valence-electron chi connectivity index (χ4n) is 1.89. The number of hydrogen-bond acceptors (Lipinski definition) is 0. The Hall–Kier alpha value is 0.170. The maximum Gasteiger partial charge on any atom is 0.115 e. The molecule has 1 nitrogen and oxygen atoms in total. The molecule has 0 spiro atoms. The van der Waals surface area contributed by atoms with E-state index in [0.29, 0.717) is 0 Å². The third-order valence-corrected chi connectivity index (χ3v) is 2.52. The van der Waals surface area contributed by atoms with Crippen molar-refractivity contribution in [2.45, 2.75) is 25.7 Å². The third kappa shape index (κ3) is 1.67. The Labute approximate surface area is 85.2 Å². The Kier molecular flexibility index (Phi) is 3.13. The number of allylic oxidation sites excluding steroid dienone is 3. The lowest BCUT2D eigenvalue weighted by Crippen LogP contribution is -3.01. The topological polar surface area (TPSA) is 4.44 Å². The van der Waals surface area contributed by atoms with Gasteiger partial charge in [0.05, 0.1) is 13.2 Å². The van der Waals surface area contributed by atoms with Gasteiger partial charge in [-0.1, -0.05) is 0 Å². The number of halogens is 1. The molecule has 1 aliphatic carbocycles. The van der Waals surface area contributed by atoms with Gasteiger partial charge in [0.25, 0.3) is 0 Å². The molecule has 1 N–H and O–H groups in total. The normalized spacial score (nSPS) is 28.3. The maximum absolute atomic E-state index is 2.30. The Morgan fingerprint density at radius 3 is 2.73 bits per heavy atom. The largest absolute Gasteiger partial charge is 1.00 e. The van der Waals surface area contributed by atoms with Gasteiger partial charge >= 0.3 is 0 Å². The zero-order valence-electron chi connectivity index (χ0n) is 6.86. The quantitative estimate of drug-likeness (QED) is 0.476. The van der Waals surface area contributed by atoms with E-state index in [4.69, 9.17) is 0 Å². The van der Waals surface area contributed by atoms with Crippen molar-refractivity contribution >= 4 is 0 Å². The van der Waals surface area contributed by atoms with E-state index in [1.165, 1.54) is 30.6 Å². The molecule has 0 aromatic heterocycles. The van der Waals surface area contributed by atoms with Crippen LogP contribution in [0.1, 0.15) is 25.7 Å². The molecular formula is C9H14IN. The van der Waals surface area contributed by atoms with Gasteiger partial charge in [0.1, 0.15) is 5.70 Å². The Morgan fingerprint density at radius 1 is 1.27 bits per heavy atom. The van der Waals surface area contributed by atoms with Crippen molar-refractivity contribution in [2.75, 3.05) is 7.05 Å². The van der Waals surface area contributed by atoms with Crippen LogP contribution < -0.4 is 28.9 Å². The van der Waals surface area contributed by atoms with Crippen LogP contribution in [-0.2, 0) is 0 Å². The second kappa shape index (κ2) is 3.72. The average Bonchev–Trinajstić information content (AvgIpc) is 2.34. The Balaban J connectivity index is 0.000000605. The zero-order valence-corrected chi connectivity index (χ0v) is 9.02. The SMILES string of the molecule is C[NH+]1C=CC2=C1CCCC2.[I-]. The lowest BCUT2D eigenvalue weighted by Gasteiger charge is -2.14. The van der Waals surface area contributed by atoms with Crippen molar-refractivity contribution in [1.82, 2.24) is 0 Å². The van der Waals surface area contributed by atoms with Crippen LogP contribution in [0.3, 0.4) is 0 Å². The van der Waals surface area contributed by atoms with Crippen molar-refractivity contribution in [3.63, 3.8) is 0 Å². The van der Waals surface area contributed by atoms with Gasteiger partial charge in [0, 0.05) is 18.1 Å². The molecule has 0 saturated heterocycles. The van der Waals surface area contributed by atoms with E-state index in [2.05, 4.69) is 19.3 Å². The number of nitrogens with one attached hydrogen (secondary N) is 1. The first kappa shape index (κ1) is 9.26. The van der Waals surface area contributed by atoms with Crippen molar-refractivity contribution in [2.24, 2.45) is 0 Å². The van der Waals surface area contributed by atoms with Crippen LogP contribution in [0.15, 0.2) is 23.5 Å². The summed E-state index contributed by atoms with van der Waals surface area (Å²) in [4.78, 5) is 1.51. The van der Waals surface area contributed by atoms with E-state index < -0.39 is 0 Å². The van der Waals surface area contributed by atoms with Gasteiger partial charge in [0.15, 0.2) is 0 Å². The molecule has 0 aromatic carbocycles. The summed E-state index contributed by atoms with van der Waals surface area (Å²) in [6.07, 6.45) is 10.0. The van der Waals surface area contributed by atoms with Crippen LogP contribution in [0.4, 0.5) is 0 Å². The Bertz CT molecular complexity index is 206. The van der Waals surface area contributed by atoms with Crippen molar-refractivity contribution in [3.8, 4) is 0 Å². The number of quaternary nitrogens is 1. The van der Waals surface area contributed by atoms with Crippen LogP contribution in [0.2, 0.25) is 0 Å². The molecular weight excluding hydrogens is 249 g/mol. The summed E-state index contributed by atoms with van der Waals surface area (Å²) in [5.74, 6) is 0. The molecule has 1 aliphatic heterocycles. The molecule has 1 unspecified atom stereocenters. The molecule has 1 atom stereocenters. The summed E-state index contributed by atoms with van der Waals surface area (Å²) < 4.78 is 0. The summed E-state index contributed by atoms with van der Waals surface area (Å²) in [7, 11) is 2.23. The maximum atomic E-state index is 2.30. The third-order valence-electron chi connectivity index (χ3n) is 2.52. The predicted molar refractivity (Wildman–Crippen MR) is 41.5 cm³/mol. The molecule has 1 heterocycles. The van der Waals surface area contributed by atoms with Gasteiger partial charge < -0.3 is 24.0 Å². The fourth-order valence-corrected chi connectivity index (χ4v) is 1.89. The van der Waals surface area contributed by atoms with Crippen LogP contribution in [0.5, 0.6) is 0 Å². The standard InChI is InChI=1S/C9H13N.HI/c1-10-7-6-8-4-2-3-5-9(8)10;/h6-7H,2-5H2,1H3;1H. The van der Waals surface area contributed by atoms with E-state index in [-0.39, 0.29) is 24.0 Å². The van der Waals surface area contributed by atoms with Gasteiger partial charge in [-0.3, -0.25) is 4.90 Å². The molecule has 0 amide bonds. The molecule has 0 radical (unpaired) electrons. The summed E-state index contributed by atoms with van der Waals surface area (Å²) in [5, 5.41) is 0. The van der Waals surface area contributed by atoms with Gasteiger partial charge in [-0.15, -0.1) is 0 Å². The van der Waals surface area contributed by atoms with E-state index in [9.17, 15) is 0 Å². The molecule has 2 heteroatoms. The monoisotopic (exact) mass is 263 g/mol. The van der Waals surface area contributed by atoms with Crippen LogP contribution in [0, 0.1) is 0 Å². The second-order valence-corrected chi connectivity index (χ2v) is 3.23. The van der Waals surface area contributed by atoms with Gasteiger partial charge in [-0.2, -0.15) is 0 Å². The van der Waals surface area contributed by atoms with E-state index >= 15 is 0 Å². The fraction of sp³-hybridized carbons (Fsp3) is 0.556. The van der Waals surface area contributed by atoms with Gasteiger partial charge in [0.2, 0.25) is 0 Å². The summed E-state index contributed by atoms with van der Waals surface area (Å²) in [5.41, 5.74) is 3.26. The first-order valence-corrected chi connectivity index (χ1v) is 4.12. The van der Waals surface area contributed by atoms with Crippen LogP contribution >= 0.6 is 0 Å². The molecule has 11 heavy (non-hydrogen) atoms. The highest BCUT2D eigenvalue weighted by Gasteiger charge is 2.21. The smallest absolute Gasteiger partial charge is 0.115 e. The number of hydrogen-bond donors (Lipinski definition) is 1. The van der Waals surface area contributed by atoms with Crippen molar-refractivity contribution < 1.29 is 28.9 Å². The highest BCUT2D eigenvalue weighted by molar-refractivity contribution is 5.26. The minimum absolute atomic E-state index is 0. The highest BCUT2D eigenvalue weighted by Crippen LogP contribution is 2.23. The van der Waals surface area contributed by atoms with Crippen LogP contribution in [-0.4, -0.2) is 7.05 Å². The number of rotatable bonds is 0. The van der Waals surface area contributed by atoms with Gasteiger partial charge in [-0.05, 0) is 19.3 Å². The zero-order chi connectivity index (χ0) is 6.97. The Morgan fingerprint density at radius 2 is 2.00 bits per heavy atom. The lowest BCUT2D eigenvalue weighted by molar-refractivity contribution is -0.780. The molecule has 2 rings (SSSR count). The lowest BCUT2D eigenvalue weighted by atomic mass is 9.98. The van der Waals surface area contributed by atoms with E-state index in [0.717, 1.165) is 0 Å². The van der Waals surface area contributed by atoms with E-state index in [1.54, 1.807) is 11.3 Å². The van der Waals surface area contributed by atoms with Crippen molar-refractivity contribution in [1.29, 1.82) is 0 Å². The van der Waals surface area contributed by atoms with Gasteiger partial charge in [-0.25, -0.2) is 0 Å². The first-order valence-electron chi connectivity index (χ1n) is 4.12. The molecule has 62 valence electrons. The summed E-state index contributed by atoms with van der Waals surface area (Å²) in [6, 6.07) is 0. The summed E-state index contributed by atoms with van der Waals surface area (Å²) >= 11 is 0. The molecule has 2 aliphatic rings. The second-order valence-electron chi connectivity index (χ2n) is 3.23. The van der Waals surface area contributed by atoms with Crippen molar-refractivity contribution in [3.05, 3.63) is 23.5 Å². The predicted octanol–water partition coefficient (Wildman–Crippen LogP) is -2.14. The molecule has 0 saturated carbocycles. The first-order chi connectivity index (χ1) is 4.88.